The predicted molar refractivity (Wildman–Crippen MR) is 34.5 cm³/mol. The molecule has 0 aromatic heterocycles. The topological polar surface area (TPSA) is 3.24 Å². The number of hydrogen-bond donors (Lipinski definition) is 0. The molecule has 1 heterocycles. The van der Waals surface area contributed by atoms with E-state index < -0.39 is 0 Å². The first-order chi connectivity index (χ1) is 3.79. The van der Waals surface area contributed by atoms with Gasteiger partial charge in [-0.2, -0.15) is 0 Å². The van der Waals surface area contributed by atoms with E-state index in [1.54, 1.807) is 0 Å². The number of piperidine rings is 1. The molecular formula is C7H12N. The molecule has 8 heavy (non-hydrogen) atoms. The van der Waals surface area contributed by atoms with E-state index in [-0.39, 0.29) is 0 Å². The third-order valence-electron chi connectivity index (χ3n) is 1.63. The number of nitrogens with zero attached hydrogens (tertiary/aromatic N) is 1. The monoisotopic (exact) mass is 110 g/mol. The van der Waals surface area contributed by atoms with Crippen LogP contribution < -0.4 is 0 Å². The summed E-state index contributed by atoms with van der Waals surface area (Å²) in [5, 5.41) is 0. The van der Waals surface area contributed by atoms with E-state index in [1.165, 1.54) is 5.57 Å². The van der Waals surface area contributed by atoms with Gasteiger partial charge in [0.05, 0.1) is 0 Å². The first kappa shape index (κ1) is 5.83. The lowest BCUT2D eigenvalue weighted by atomic mass is 10.1. The van der Waals surface area contributed by atoms with Gasteiger partial charge in [0.15, 0.2) is 0 Å². The van der Waals surface area contributed by atoms with Crippen LogP contribution in [0.1, 0.15) is 12.8 Å². The quantitative estimate of drug-likeness (QED) is 0.451. The average molecular weight is 110 g/mol. The Labute approximate surface area is 51.0 Å². The lowest BCUT2D eigenvalue weighted by molar-refractivity contribution is 0.312. The predicted octanol–water partition coefficient (Wildman–Crippen LogP) is 1.07. The van der Waals surface area contributed by atoms with Gasteiger partial charge >= 0.3 is 0 Å². The van der Waals surface area contributed by atoms with Gasteiger partial charge in [-0.15, -0.1) is 0 Å². The number of hydrogen-bond acceptors (Lipinski definition) is 1. The van der Waals surface area contributed by atoms with Crippen LogP contribution in [0.15, 0.2) is 5.57 Å². The standard InChI is InChI=1S/C7H12N/c1-7-3-5-8(2)6-4-7/h1H,3-6H2,2H3. The van der Waals surface area contributed by atoms with Gasteiger partial charge in [0.1, 0.15) is 0 Å². The molecule has 1 aliphatic heterocycles. The second-order valence-electron chi connectivity index (χ2n) is 2.46. The molecule has 0 unspecified atom stereocenters. The maximum Gasteiger partial charge on any atom is 0.00158 e. The van der Waals surface area contributed by atoms with Gasteiger partial charge in [0, 0.05) is 13.1 Å². The Bertz CT molecular complexity index is 86.6. The fourth-order valence-corrected chi connectivity index (χ4v) is 0.906. The summed E-state index contributed by atoms with van der Waals surface area (Å²) in [4.78, 5) is 2.30. The lowest BCUT2D eigenvalue weighted by Gasteiger charge is -2.22. The van der Waals surface area contributed by atoms with Crippen LogP contribution >= 0.6 is 0 Å². The Kier molecular flexibility index (Phi) is 1.69. The van der Waals surface area contributed by atoms with Crippen molar-refractivity contribution in [2.75, 3.05) is 20.1 Å². The Hall–Kier alpha value is -0.300. The van der Waals surface area contributed by atoms with Gasteiger partial charge in [-0.25, -0.2) is 0 Å². The van der Waals surface area contributed by atoms with Crippen LogP contribution in [0.3, 0.4) is 0 Å². The Morgan fingerprint density at radius 3 is 2.25 bits per heavy atom. The Morgan fingerprint density at radius 2 is 1.88 bits per heavy atom. The van der Waals surface area contributed by atoms with Gasteiger partial charge in [0.25, 0.3) is 0 Å². The summed E-state index contributed by atoms with van der Waals surface area (Å²) < 4.78 is 0. The van der Waals surface area contributed by atoms with Crippen LogP contribution in [-0.2, 0) is 0 Å². The van der Waals surface area contributed by atoms with Crippen LogP contribution in [0.4, 0.5) is 0 Å². The van der Waals surface area contributed by atoms with E-state index in [9.17, 15) is 0 Å². The zero-order chi connectivity index (χ0) is 5.98. The fraction of sp³-hybridized carbons (Fsp3) is 0.714. The zero-order valence-electron chi connectivity index (χ0n) is 5.35. The average Bonchev–Trinajstić information content (AvgIpc) is 1.77. The summed E-state index contributed by atoms with van der Waals surface area (Å²) in [6, 6.07) is 0. The van der Waals surface area contributed by atoms with Gasteiger partial charge < -0.3 is 4.90 Å². The summed E-state index contributed by atoms with van der Waals surface area (Å²) in [6.45, 7) is 7.88. The first-order valence-electron chi connectivity index (χ1n) is 3.08. The van der Waals surface area contributed by atoms with Crippen LogP contribution in [0.25, 0.3) is 0 Å². The van der Waals surface area contributed by atoms with Gasteiger partial charge in [-0.05, 0) is 19.9 Å². The van der Waals surface area contributed by atoms with Gasteiger partial charge in [0.2, 0.25) is 0 Å². The highest BCUT2D eigenvalue weighted by molar-refractivity contribution is 4.95. The van der Waals surface area contributed by atoms with Gasteiger partial charge in [-0.1, -0.05) is 12.2 Å². The normalized spacial score (nSPS) is 23.9. The van der Waals surface area contributed by atoms with Crippen LogP contribution in [0.5, 0.6) is 0 Å². The van der Waals surface area contributed by atoms with Crippen LogP contribution in [0.2, 0.25) is 0 Å². The van der Waals surface area contributed by atoms with Crippen molar-refractivity contribution in [2.45, 2.75) is 12.8 Å². The largest absolute Gasteiger partial charge is 0.306 e. The molecule has 0 aromatic rings. The molecule has 0 aliphatic carbocycles. The highest BCUT2D eigenvalue weighted by Crippen LogP contribution is 2.10. The molecule has 1 rings (SSSR count). The van der Waals surface area contributed by atoms with Crippen molar-refractivity contribution in [1.29, 1.82) is 0 Å². The molecule has 0 aromatic carbocycles. The van der Waals surface area contributed by atoms with Crippen molar-refractivity contribution in [3.63, 3.8) is 0 Å². The summed E-state index contributed by atoms with van der Waals surface area (Å²) in [6.07, 6.45) is 2.19. The molecule has 0 atom stereocenters. The molecule has 1 nitrogen and oxygen atoms in total. The molecule has 1 saturated heterocycles. The Morgan fingerprint density at radius 1 is 1.38 bits per heavy atom. The molecular weight excluding hydrogens is 98.1 g/mol. The lowest BCUT2D eigenvalue weighted by Crippen LogP contribution is -2.25. The smallest absolute Gasteiger partial charge is 0.00158 e. The minimum Gasteiger partial charge on any atom is -0.306 e. The van der Waals surface area contributed by atoms with E-state index in [0.717, 1.165) is 25.9 Å². The Balaban J connectivity index is 2.29. The van der Waals surface area contributed by atoms with Crippen molar-refractivity contribution >= 4 is 0 Å². The minimum atomic E-state index is 1.09. The fourth-order valence-electron chi connectivity index (χ4n) is 0.906. The summed E-state index contributed by atoms with van der Waals surface area (Å²) in [5.74, 6) is 0. The van der Waals surface area contributed by atoms with Crippen LogP contribution in [0, 0.1) is 6.58 Å². The second-order valence-corrected chi connectivity index (χ2v) is 2.46. The molecule has 0 amide bonds. The van der Waals surface area contributed by atoms with Crippen molar-refractivity contribution in [3.05, 3.63) is 12.2 Å². The molecule has 45 valence electrons. The highest BCUT2D eigenvalue weighted by atomic mass is 15.1. The van der Waals surface area contributed by atoms with Crippen LogP contribution in [-0.4, -0.2) is 25.0 Å². The number of likely N-dealkylation sites (tertiary alicyclic amines) is 1. The van der Waals surface area contributed by atoms with E-state index in [1.807, 2.05) is 0 Å². The van der Waals surface area contributed by atoms with Gasteiger partial charge in [-0.3, -0.25) is 0 Å². The molecule has 1 fully saturated rings. The third kappa shape index (κ3) is 1.34. The highest BCUT2D eigenvalue weighted by Gasteiger charge is 2.06. The molecule has 0 bridgehead atoms. The van der Waals surface area contributed by atoms with Crippen molar-refractivity contribution in [3.8, 4) is 0 Å². The molecule has 1 heteroatoms. The van der Waals surface area contributed by atoms with E-state index >= 15 is 0 Å². The minimum absolute atomic E-state index is 1.09. The molecule has 0 spiro atoms. The molecule has 1 aliphatic rings. The summed E-state index contributed by atoms with van der Waals surface area (Å²) in [7, 11) is 2.13. The third-order valence-corrected chi connectivity index (χ3v) is 1.63. The summed E-state index contributed by atoms with van der Waals surface area (Å²) in [5.41, 5.74) is 1.17. The van der Waals surface area contributed by atoms with E-state index in [4.69, 9.17) is 6.58 Å². The van der Waals surface area contributed by atoms with Crippen molar-refractivity contribution < 1.29 is 0 Å². The van der Waals surface area contributed by atoms with E-state index in [2.05, 4.69) is 11.9 Å². The molecule has 0 N–H and O–H groups in total. The summed E-state index contributed by atoms with van der Waals surface area (Å²) >= 11 is 0. The first-order valence-corrected chi connectivity index (χ1v) is 3.08. The maximum atomic E-state index is 5.59. The molecule has 0 saturated carbocycles. The molecule has 1 radical (unpaired) electrons. The maximum absolute atomic E-state index is 5.59. The SMILES string of the molecule is [CH]=C1CCN(C)CC1. The van der Waals surface area contributed by atoms with Crippen molar-refractivity contribution in [2.24, 2.45) is 0 Å². The number of rotatable bonds is 0. The van der Waals surface area contributed by atoms with E-state index in [0.29, 0.717) is 0 Å². The zero-order valence-corrected chi connectivity index (χ0v) is 5.35. The van der Waals surface area contributed by atoms with Crippen molar-refractivity contribution in [1.82, 2.24) is 4.90 Å². The second kappa shape index (κ2) is 2.31.